The Morgan fingerprint density at radius 2 is 1.86 bits per heavy atom. The van der Waals surface area contributed by atoms with Gasteiger partial charge in [-0.3, -0.25) is 9.59 Å². The number of amides is 2. The van der Waals surface area contributed by atoms with E-state index in [-0.39, 0.29) is 29.2 Å². The maximum absolute atomic E-state index is 12.5. The molecule has 2 atom stereocenters. The van der Waals surface area contributed by atoms with Gasteiger partial charge in [-0.25, -0.2) is 0 Å². The van der Waals surface area contributed by atoms with Crippen LogP contribution < -0.4 is 5.32 Å². The molecule has 1 fully saturated rings. The first kappa shape index (κ1) is 18.0. The molecule has 0 aromatic rings. The van der Waals surface area contributed by atoms with Crippen LogP contribution in [0.1, 0.15) is 60.8 Å². The second kappa shape index (κ2) is 7.28. The third-order valence-corrected chi connectivity index (χ3v) is 4.03. The van der Waals surface area contributed by atoms with E-state index in [2.05, 4.69) is 12.2 Å². The molecule has 0 spiro atoms. The van der Waals surface area contributed by atoms with Crippen molar-refractivity contribution in [1.29, 1.82) is 0 Å². The quantitative estimate of drug-likeness (QED) is 0.867. The highest BCUT2D eigenvalue weighted by molar-refractivity contribution is 5.82. The van der Waals surface area contributed by atoms with Gasteiger partial charge in [0.05, 0.1) is 0 Å². The van der Waals surface area contributed by atoms with Gasteiger partial charge in [0.2, 0.25) is 11.8 Å². The zero-order valence-corrected chi connectivity index (χ0v) is 14.5. The molecule has 2 amide bonds. The van der Waals surface area contributed by atoms with Crippen molar-refractivity contribution >= 4 is 11.8 Å². The summed E-state index contributed by atoms with van der Waals surface area (Å²) in [7, 11) is 0. The molecule has 1 heterocycles. The highest BCUT2D eigenvalue weighted by Gasteiger charge is 2.35. The van der Waals surface area contributed by atoms with Gasteiger partial charge in [-0.2, -0.15) is 0 Å². The minimum absolute atomic E-state index is 0.0108. The molecule has 2 unspecified atom stereocenters. The fraction of sp³-hybridized carbons (Fsp3) is 0.882. The second-order valence-corrected chi connectivity index (χ2v) is 7.71. The molecule has 0 radical (unpaired) electrons. The number of hydrogen-bond acceptors (Lipinski definition) is 2. The van der Waals surface area contributed by atoms with E-state index in [1.165, 1.54) is 0 Å². The molecule has 1 N–H and O–H groups in total. The minimum atomic E-state index is -0.360. The van der Waals surface area contributed by atoms with Gasteiger partial charge in [-0.05, 0) is 18.8 Å². The van der Waals surface area contributed by atoms with Gasteiger partial charge in [0.25, 0.3) is 0 Å². The van der Waals surface area contributed by atoms with E-state index in [0.717, 1.165) is 25.8 Å². The van der Waals surface area contributed by atoms with Crippen LogP contribution in [0.5, 0.6) is 0 Å². The molecule has 122 valence electrons. The molecule has 4 heteroatoms. The van der Waals surface area contributed by atoms with Crippen LogP contribution in [0.2, 0.25) is 0 Å². The number of nitrogens with zero attached hydrogens (tertiary/aromatic N) is 1. The summed E-state index contributed by atoms with van der Waals surface area (Å²) in [6.45, 7) is 13.3. The second-order valence-electron chi connectivity index (χ2n) is 7.71. The van der Waals surface area contributed by atoms with E-state index in [1.54, 1.807) is 0 Å². The maximum atomic E-state index is 12.5. The molecule has 1 aliphatic rings. The van der Waals surface area contributed by atoms with Gasteiger partial charge in [0.15, 0.2) is 0 Å². The molecule has 0 bridgehead atoms. The molecule has 4 nitrogen and oxygen atoms in total. The van der Waals surface area contributed by atoms with Gasteiger partial charge in [0.1, 0.15) is 0 Å². The maximum Gasteiger partial charge on any atom is 0.228 e. The predicted molar refractivity (Wildman–Crippen MR) is 85.8 cm³/mol. The Balaban J connectivity index is 2.77. The summed E-state index contributed by atoms with van der Waals surface area (Å²) in [5.74, 6) is 0.753. The molecular formula is C17H32N2O2. The SMILES string of the molecule is CCCC1CC(NC(=O)C(C)C)CN(C(=O)C(C)(C)C)C1. The van der Waals surface area contributed by atoms with Crippen molar-refractivity contribution in [2.45, 2.75) is 66.8 Å². The van der Waals surface area contributed by atoms with Crippen molar-refractivity contribution in [1.82, 2.24) is 10.2 Å². The summed E-state index contributed by atoms with van der Waals surface area (Å²) < 4.78 is 0. The lowest BCUT2D eigenvalue weighted by Gasteiger charge is -2.41. The average Bonchev–Trinajstić information content (AvgIpc) is 2.36. The summed E-state index contributed by atoms with van der Waals surface area (Å²) in [5, 5.41) is 3.11. The first-order valence-electron chi connectivity index (χ1n) is 8.24. The Labute approximate surface area is 129 Å². The molecule has 0 saturated carbocycles. The fourth-order valence-corrected chi connectivity index (χ4v) is 2.93. The Morgan fingerprint density at radius 3 is 2.33 bits per heavy atom. The fourth-order valence-electron chi connectivity index (χ4n) is 2.93. The number of hydrogen-bond donors (Lipinski definition) is 1. The van der Waals surface area contributed by atoms with Crippen molar-refractivity contribution in [3.63, 3.8) is 0 Å². The van der Waals surface area contributed by atoms with Gasteiger partial charge >= 0.3 is 0 Å². The molecule has 1 saturated heterocycles. The number of likely N-dealkylation sites (tertiary alicyclic amines) is 1. The lowest BCUT2D eigenvalue weighted by Crippen LogP contribution is -2.55. The van der Waals surface area contributed by atoms with Crippen LogP contribution in [0.25, 0.3) is 0 Å². The normalized spacial score (nSPS) is 23.3. The lowest BCUT2D eigenvalue weighted by atomic mass is 9.87. The summed E-state index contributed by atoms with van der Waals surface area (Å²) >= 11 is 0. The average molecular weight is 296 g/mol. The van der Waals surface area contributed by atoms with E-state index in [9.17, 15) is 9.59 Å². The summed E-state index contributed by atoms with van der Waals surface area (Å²) in [4.78, 5) is 26.4. The van der Waals surface area contributed by atoms with Crippen molar-refractivity contribution in [2.24, 2.45) is 17.3 Å². The molecule has 0 aromatic heterocycles. The molecule has 1 aliphatic heterocycles. The minimum Gasteiger partial charge on any atom is -0.351 e. The first-order valence-corrected chi connectivity index (χ1v) is 8.24. The van der Waals surface area contributed by atoms with Crippen LogP contribution in [0.4, 0.5) is 0 Å². The number of rotatable bonds is 4. The van der Waals surface area contributed by atoms with Gasteiger partial charge in [0, 0.05) is 30.5 Å². The largest absolute Gasteiger partial charge is 0.351 e. The van der Waals surface area contributed by atoms with Crippen molar-refractivity contribution < 1.29 is 9.59 Å². The Hall–Kier alpha value is -1.06. The van der Waals surface area contributed by atoms with Crippen molar-refractivity contribution in [3.8, 4) is 0 Å². The number of nitrogens with one attached hydrogen (secondary N) is 1. The summed E-state index contributed by atoms with van der Waals surface area (Å²) in [6.07, 6.45) is 3.22. The first-order chi connectivity index (χ1) is 9.65. The zero-order valence-electron chi connectivity index (χ0n) is 14.5. The van der Waals surface area contributed by atoms with E-state index >= 15 is 0 Å². The standard InChI is InChI=1S/C17H32N2O2/c1-7-8-13-9-14(18-15(20)12(2)3)11-19(10-13)16(21)17(4,5)6/h12-14H,7-11H2,1-6H3,(H,18,20). The van der Waals surface area contributed by atoms with Gasteiger partial charge in [-0.1, -0.05) is 48.0 Å². The lowest BCUT2D eigenvalue weighted by molar-refractivity contribution is -0.142. The summed E-state index contributed by atoms with van der Waals surface area (Å²) in [5.41, 5.74) is -0.360. The summed E-state index contributed by atoms with van der Waals surface area (Å²) in [6, 6.07) is 0.0940. The Kier molecular flexibility index (Phi) is 6.24. The molecule has 21 heavy (non-hydrogen) atoms. The van der Waals surface area contributed by atoms with E-state index < -0.39 is 0 Å². The Morgan fingerprint density at radius 1 is 1.24 bits per heavy atom. The van der Waals surface area contributed by atoms with E-state index in [0.29, 0.717) is 12.5 Å². The number of carbonyl (C=O) groups excluding carboxylic acids is 2. The highest BCUT2D eigenvalue weighted by Crippen LogP contribution is 2.26. The number of carbonyl (C=O) groups is 2. The van der Waals surface area contributed by atoms with Crippen LogP contribution in [-0.4, -0.2) is 35.8 Å². The molecule has 0 aliphatic carbocycles. The van der Waals surface area contributed by atoms with Crippen LogP contribution in [0.3, 0.4) is 0 Å². The van der Waals surface area contributed by atoms with Crippen molar-refractivity contribution in [3.05, 3.63) is 0 Å². The monoisotopic (exact) mass is 296 g/mol. The molecule has 0 aromatic carbocycles. The zero-order chi connectivity index (χ0) is 16.2. The number of piperidine rings is 1. The van der Waals surface area contributed by atoms with Crippen LogP contribution in [-0.2, 0) is 9.59 Å². The van der Waals surface area contributed by atoms with Crippen molar-refractivity contribution in [2.75, 3.05) is 13.1 Å². The van der Waals surface area contributed by atoms with Crippen LogP contribution in [0.15, 0.2) is 0 Å². The van der Waals surface area contributed by atoms with E-state index in [1.807, 2.05) is 39.5 Å². The van der Waals surface area contributed by atoms with E-state index in [4.69, 9.17) is 0 Å². The topological polar surface area (TPSA) is 49.4 Å². The third-order valence-electron chi connectivity index (χ3n) is 4.03. The molecular weight excluding hydrogens is 264 g/mol. The smallest absolute Gasteiger partial charge is 0.228 e. The van der Waals surface area contributed by atoms with Crippen LogP contribution >= 0.6 is 0 Å². The third kappa shape index (κ3) is 5.33. The highest BCUT2D eigenvalue weighted by atomic mass is 16.2. The predicted octanol–water partition coefficient (Wildman–Crippen LogP) is 2.82. The van der Waals surface area contributed by atoms with Gasteiger partial charge < -0.3 is 10.2 Å². The van der Waals surface area contributed by atoms with Crippen LogP contribution in [0, 0.1) is 17.3 Å². The Bertz CT molecular complexity index is 371. The molecule has 1 rings (SSSR count). The van der Waals surface area contributed by atoms with Gasteiger partial charge in [-0.15, -0.1) is 0 Å².